The van der Waals surface area contributed by atoms with Crippen molar-refractivity contribution in [2.24, 2.45) is 17.1 Å². The Hall–Kier alpha value is -1.10. The van der Waals surface area contributed by atoms with Gasteiger partial charge >= 0.3 is 0 Å². The smallest absolute Gasteiger partial charge is 0.251 e. The van der Waals surface area contributed by atoms with E-state index in [0.29, 0.717) is 24.6 Å². The fourth-order valence-corrected chi connectivity index (χ4v) is 4.92. The lowest BCUT2D eigenvalue weighted by molar-refractivity contribution is -0.126. The summed E-state index contributed by atoms with van der Waals surface area (Å²) in [6.07, 6.45) is 6.41. The van der Waals surface area contributed by atoms with Crippen molar-refractivity contribution >= 4 is 18.3 Å². The van der Waals surface area contributed by atoms with Gasteiger partial charge in [-0.25, -0.2) is 0 Å². The number of carbonyl (C=O) groups is 1. The van der Waals surface area contributed by atoms with Gasteiger partial charge in [-0.05, 0) is 37.0 Å². The van der Waals surface area contributed by atoms with Crippen molar-refractivity contribution in [2.75, 3.05) is 6.61 Å². The predicted octanol–water partition coefficient (Wildman–Crippen LogP) is 2.64. The molecule has 2 aliphatic carbocycles. The highest BCUT2D eigenvalue weighted by Crippen LogP contribution is 2.60. The summed E-state index contributed by atoms with van der Waals surface area (Å²) in [6, 6.07) is 7.91. The molecule has 4 rings (SSSR count). The molecule has 3 aliphatic rings. The molecule has 23 heavy (non-hydrogen) atoms. The van der Waals surface area contributed by atoms with Crippen LogP contribution in [0.4, 0.5) is 0 Å². The number of fused-ring (bicyclic) bond motifs is 2. The quantitative estimate of drug-likeness (QED) is 0.891. The van der Waals surface area contributed by atoms with Crippen LogP contribution in [0.2, 0.25) is 0 Å². The van der Waals surface area contributed by atoms with Crippen molar-refractivity contribution in [3.63, 3.8) is 0 Å². The van der Waals surface area contributed by atoms with Crippen molar-refractivity contribution in [1.82, 2.24) is 5.32 Å². The van der Waals surface area contributed by atoms with Crippen molar-refractivity contribution in [1.29, 1.82) is 0 Å². The molecule has 3 atom stereocenters. The average molecular weight is 337 g/mol. The van der Waals surface area contributed by atoms with E-state index < -0.39 is 0 Å². The molecule has 3 fully saturated rings. The number of rotatable bonds is 3. The van der Waals surface area contributed by atoms with E-state index in [0.717, 1.165) is 24.2 Å². The number of nitrogens with one attached hydrogen (secondary N) is 1. The molecule has 1 heterocycles. The minimum Gasteiger partial charge on any atom is -0.377 e. The van der Waals surface area contributed by atoms with Crippen LogP contribution in [0.25, 0.3) is 0 Å². The van der Waals surface area contributed by atoms with Gasteiger partial charge in [-0.1, -0.05) is 25.0 Å². The van der Waals surface area contributed by atoms with Gasteiger partial charge < -0.3 is 15.8 Å². The minimum atomic E-state index is 0. The standard InChI is InChI=1S/C18H24N2O2.ClH/c19-11-12-3-5-13(6-4-12)17(21)20-15-14-7-10-22-16(14)18(15)8-1-2-9-18;/h3-6,14-16H,1-2,7-11,19H2,(H,20,21);1H. The van der Waals surface area contributed by atoms with Crippen molar-refractivity contribution in [2.45, 2.75) is 50.8 Å². The minimum absolute atomic E-state index is 0. The van der Waals surface area contributed by atoms with Gasteiger partial charge in [0.2, 0.25) is 0 Å². The Morgan fingerprint density at radius 1 is 1.26 bits per heavy atom. The Balaban J connectivity index is 0.00000156. The molecule has 3 unspecified atom stereocenters. The third-order valence-electron chi connectivity index (χ3n) is 6.02. The van der Waals surface area contributed by atoms with E-state index in [1.54, 1.807) is 0 Å². The van der Waals surface area contributed by atoms with Crippen molar-refractivity contribution in [3.8, 4) is 0 Å². The van der Waals surface area contributed by atoms with Crippen LogP contribution < -0.4 is 11.1 Å². The van der Waals surface area contributed by atoms with Gasteiger partial charge in [0.1, 0.15) is 0 Å². The maximum Gasteiger partial charge on any atom is 0.251 e. The first-order valence-electron chi connectivity index (χ1n) is 8.46. The summed E-state index contributed by atoms with van der Waals surface area (Å²) in [6.45, 7) is 1.36. The highest BCUT2D eigenvalue weighted by Gasteiger charge is 2.65. The molecule has 1 aromatic rings. The number of ether oxygens (including phenoxy) is 1. The highest BCUT2D eigenvalue weighted by molar-refractivity contribution is 5.94. The third-order valence-corrected chi connectivity index (χ3v) is 6.02. The van der Waals surface area contributed by atoms with Gasteiger partial charge in [0, 0.05) is 36.1 Å². The van der Waals surface area contributed by atoms with Crippen LogP contribution in [-0.4, -0.2) is 24.7 Å². The molecule has 2 saturated carbocycles. The summed E-state index contributed by atoms with van der Waals surface area (Å²) in [5.74, 6) is 0.565. The lowest BCUT2D eigenvalue weighted by Gasteiger charge is -2.56. The number of halogens is 1. The van der Waals surface area contributed by atoms with Crippen molar-refractivity contribution < 1.29 is 9.53 Å². The molecule has 0 radical (unpaired) electrons. The summed E-state index contributed by atoms with van der Waals surface area (Å²) in [7, 11) is 0. The summed E-state index contributed by atoms with van der Waals surface area (Å²) >= 11 is 0. The normalized spacial score (nSPS) is 30.4. The summed E-state index contributed by atoms with van der Waals surface area (Å²) in [4.78, 5) is 12.6. The summed E-state index contributed by atoms with van der Waals surface area (Å²) in [5, 5.41) is 3.32. The van der Waals surface area contributed by atoms with Crippen LogP contribution in [-0.2, 0) is 11.3 Å². The summed E-state index contributed by atoms with van der Waals surface area (Å²) < 4.78 is 5.97. The van der Waals surface area contributed by atoms with E-state index in [1.807, 2.05) is 24.3 Å². The number of hydrogen-bond acceptors (Lipinski definition) is 3. The Bertz CT molecular complexity index is 569. The third kappa shape index (κ3) is 2.57. The lowest BCUT2D eigenvalue weighted by Crippen LogP contribution is -2.68. The monoisotopic (exact) mass is 336 g/mol. The first-order valence-corrected chi connectivity index (χ1v) is 8.46. The number of carbonyl (C=O) groups excluding carboxylic acids is 1. The topological polar surface area (TPSA) is 64.4 Å². The van der Waals surface area contributed by atoms with Gasteiger partial charge in [-0.2, -0.15) is 0 Å². The second-order valence-corrected chi connectivity index (χ2v) is 7.04. The molecular weight excluding hydrogens is 312 g/mol. The van der Waals surface area contributed by atoms with Gasteiger partial charge in [0.15, 0.2) is 0 Å². The molecule has 5 heteroatoms. The van der Waals surface area contributed by atoms with Crippen LogP contribution in [0.1, 0.15) is 48.0 Å². The maximum atomic E-state index is 12.6. The van der Waals surface area contributed by atoms with Crippen molar-refractivity contribution in [3.05, 3.63) is 35.4 Å². The van der Waals surface area contributed by atoms with Crippen LogP contribution in [0, 0.1) is 11.3 Å². The molecule has 1 spiro atoms. The molecule has 1 aromatic carbocycles. The molecule has 1 aliphatic heterocycles. The van der Waals surface area contributed by atoms with Gasteiger partial charge in [0.05, 0.1) is 6.10 Å². The molecule has 4 nitrogen and oxygen atoms in total. The molecule has 126 valence electrons. The lowest BCUT2D eigenvalue weighted by atomic mass is 9.54. The van der Waals surface area contributed by atoms with E-state index in [4.69, 9.17) is 10.5 Å². The molecule has 0 aromatic heterocycles. The van der Waals surface area contributed by atoms with Crippen LogP contribution in [0.15, 0.2) is 24.3 Å². The first-order chi connectivity index (χ1) is 10.7. The molecular formula is C18H25ClN2O2. The van der Waals surface area contributed by atoms with Crippen LogP contribution in [0.5, 0.6) is 0 Å². The Morgan fingerprint density at radius 2 is 1.96 bits per heavy atom. The Kier molecular flexibility index (Phi) is 4.68. The molecule has 3 N–H and O–H groups in total. The second kappa shape index (κ2) is 6.42. The number of hydrogen-bond donors (Lipinski definition) is 2. The fourth-order valence-electron chi connectivity index (χ4n) is 4.92. The highest BCUT2D eigenvalue weighted by atomic mass is 35.5. The zero-order valence-electron chi connectivity index (χ0n) is 13.3. The van der Waals surface area contributed by atoms with Gasteiger partial charge in [-0.15, -0.1) is 12.4 Å². The van der Waals surface area contributed by atoms with Gasteiger partial charge in [0.25, 0.3) is 5.91 Å². The second-order valence-electron chi connectivity index (χ2n) is 7.04. The molecule has 1 amide bonds. The average Bonchev–Trinajstić information content (AvgIpc) is 3.21. The van der Waals surface area contributed by atoms with E-state index in [1.165, 1.54) is 25.7 Å². The molecule has 0 bridgehead atoms. The number of amides is 1. The van der Waals surface area contributed by atoms with E-state index in [2.05, 4.69) is 5.32 Å². The number of benzene rings is 1. The van der Waals surface area contributed by atoms with E-state index in [-0.39, 0.29) is 23.7 Å². The number of nitrogens with two attached hydrogens (primary N) is 1. The van der Waals surface area contributed by atoms with E-state index >= 15 is 0 Å². The predicted molar refractivity (Wildman–Crippen MR) is 91.6 cm³/mol. The molecule has 1 saturated heterocycles. The SMILES string of the molecule is Cl.NCc1ccc(C(=O)NC2C3CCOC3C23CCCC3)cc1. The Labute approximate surface area is 143 Å². The summed E-state index contributed by atoms with van der Waals surface area (Å²) in [5.41, 5.74) is 7.61. The van der Waals surface area contributed by atoms with Gasteiger partial charge in [-0.3, -0.25) is 4.79 Å². The van der Waals surface area contributed by atoms with Crippen LogP contribution in [0.3, 0.4) is 0 Å². The Morgan fingerprint density at radius 3 is 2.61 bits per heavy atom. The zero-order chi connectivity index (χ0) is 15.2. The van der Waals surface area contributed by atoms with Crippen LogP contribution >= 0.6 is 12.4 Å². The fraction of sp³-hybridized carbons (Fsp3) is 0.611. The zero-order valence-corrected chi connectivity index (χ0v) is 14.1. The maximum absolute atomic E-state index is 12.6. The van der Waals surface area contributed by atoms with E-state index in [9.17, 15) is 4.79 Å². The largest absolute Gasteiger partial charge is 0.377 e. The first kappa shape index (κ1) is 16.7.